The highest BCUT2D eigenvalue weighted by molar-refractivity contribution is 5.85. The number of hydrogen-bond donors (Lipinski definition) is 2. The summed E-state index contributed by atoms with van der Waals surface area (Å²) in [6, 6.07) is 4.16. The molecule has 0 aliphatic carbocycles. The second kappa shape index (κ2) is 6.68. The molecule has 0 bridgehead atoms. The first-order valence-electron chi connectivity index (χ1n) is 5.49. The highest BCUT2D eigenvalue weighted by Crippen LogP contribution is 2.21. The SMILES string of the molecule is Cl.Cl.c1cc(-c2n[nH]c([C@@H]3CCCN3)n2)ccn1. The Morgan fingerprint density at radius 1 is 1.17 bits per heavy atom. The minimum absolute atomic E-state index is 0. The average molecular weight is 288 g/mol. The topological polar surface area (TPSA) is 66.5 Å². The molecular weight excluding hydrogens is 273 g/mol. The summed E-state index contributed by atoms with van der Waals surface area (Å²) < 4.78 is 0. The number of halogens is 2. The molecule has 1 fully saturated rings. The molecule has 0 aromatic carbocycles. The van der Waals surface area contributed by atoms with Crippen LogP contribution in [0.4, 0.5) is 0 Å². The molecule has 1 aliphatic rings. The quantitative estimate of drug-likeness (QED) is 0.888. The van der Waals surface area contributed by atoms with E-state index in [0.717, 1.165) is 30.2 Å². The van der Waals surface area contributed by atoms with Gasteiger partial charge in [0.1, 0.15) is 5.82 Å². The molecular formula is C11H15Cl2N5. The Balaban J connectivity index is 0.000000810. The Morgan fingerprint density at radius 3 is 2.61 bits per heavy atom. The Kier molecular flexibility index (Phi) is 5.53. The average Bonchev–Trinajstić information content (AvgIpc) is 3.01. The van der Waals surface area contributed by atoms with Crippen molar-refractivity contribution in [1.29, 1.82) is 0 Å². The maximum absolute atomic E-state index is 4.51. The van der Waals surface area contributed by atoms with Crippen molar-refractivity contribution in [3.8, 4) is 11.4 Å². The van der Waals surface area contributed by atoms with E-state index in [1.807, 2.05) is 12.1 Å². The van der Waals surface area contributed by atoms with Gasteiger partial charge >= 0.3 is 0 Å². The summed E-state index contributed by atoms with van der Waals surface area (Å²) in [5.74, 6) is 1.68. The Morgan fingerprint density at radius 2 is 1.94 bits per heavy atom. The van der Waals surface area contributed by atoms with Gasteiger partial charge in [0, 0.05) is 18.0 Å². The van der Waals surface area contributed by atoms with Crippen LogP contribution in [0.3, 0.4) is 0 Å². The number of nitrogens with zero attached hydrogens (tertiary/aromatic N) is 3. The van der Waals surface area contributed by atoms with Crippen LogP contribution >= 0.6 is 24.8 Å². The van der Waals surface area contributed by atoms with E-state index in [9.17, 15) is 0 Å². The molecule has 2 N–H and O–H groups in total. The summed E-state index contributed by atoms with van der Waals surface area (Å²) in [5.41, 5.74) is 0.996. The van der Waals surface area contributed by atoms with Gasteiger partial charge in [0.05, 0.1) is 6.04 Å². The van der Waals surface area contributed by atoms with E-state index in [4.69, 9.17) is 0 Å². The fourth-order valence-electron chi connectivity index (χ4n) is 1.98. The second-order valence-corrected chi connectivity index (χ2v) is 3.93. The van der Waals surface area contributed by atoms with E-state index in [1.165, 1.54) is 6.42 Å². The summed E-state index contributed by atoms with van der Waals surface area (Å²) in [7, 11) is 0. The number of aromatic nitrogens is 4. The molecule has 2 aromatic rings. The van der Waals surface area contributed by atoms with Crippen LogP contribution in [0.5, 0.6) is 0 Å². The van der Waals surface area contributed by atoms with E-state index >= 15 is 0 Å². The molecule has 0 amide bonds. The monoisotopic (exact) mass is 287 g/mol. The van der Waals surface area contributed by atoms with Gasteiger partial charge in [0.15, 0.2) is 5.82 Å². The lowest BCUT2D eigenvalue weighted by molar-refractivity contribution is 0.608. The molecule has 3 heterocycles. The van der Waals surface area contributed by atoms with Crippen molar-refractivity contribution in [1.82, 2.24) is 25.5 Å². The van der Waals surface area contributed by atoms with Crippen molar-refractivity contribution in [3.63, 3.8) is 0 Å². The predicted octanol–water partition coefficient (Wildman–Crippen LogP) is 2.13. The van der Waals surface area contributed by atoms with Crippen LogP contribution in [0, 0.1) is 0 Å². The van der Waals surface area contributed by atoms with Crippen LogP contribution in [0.25, 0.3) is 11.4 Å². The molecule has 2 aromatic heterocycles. The number of aromatic amines is 1. The van der Waals surface area contributed by atoms with Gasteiger partial charge in [0.25, 0.3) is 0 Å². The normalized spacial score (nSPS) is 17.9. The number of nitrogens with one attached hydrogen (secondary N) is 2. The van der Waals surface area contributed by atoms with Gasteiger partial charge in [-0.3, -0.25) is 10.1 Å². The molecule has 0 radical (unpaired) electrons. The van der Waals surface area contributed by atoms with E-state index in [1.54, 1.807) is 12.4 Å². The van der Waals surface area contributed by atoms with Crippen LogP contribution in [0.2, 0.25) is 0 Å². The molecule has 0 saturated carbocycles. The smallest absolute Gasteiger partial charge is 0.181 e. The van der Waals surface area contributed by atoms with Crippen LogP contribution in [-0.4, -0.2) is 26.7 Å². The number of rotatable bonds is 2. The first-order chi connectivity index (χ1) is 7.93. The van der Waals surface area contributed by atoms with Crippen LogP contribution in [0.15, 0.2) is 24.5 Å². The van der Waals surface area contributed by atoms with Gasteiger partial charge in [-0.05, 0) is 31.5 Å². The van der Waals surface area contributed by atoms with Crippen LogP contribution in [0.1, 0.15) is 24.7 Å². The Hall–Kier alpha value is -1.17. The fraction of sp³-hybridized carbons (Fsp3) is 0.364. The molecule has 1 aliphatic heterocycles. The molecule has 0 unspecified atom stereocenters. The number of hydrogen-bond acceptors (Lipinski definition) is 4. The third kappa shape index (κ3) is 2.98. The van der Waals surface area contributed by atoms with Gasteiger partial charge in [-0.1, -0.05) is 0 Å². The minimum Gasteiger partial charge on any atom is -0.307 e. The fourth-order valence-corrected chi connectivity index (χ4v) is 1.98. The highest BCUT2D eigenvalue weighted by atomic mass is 35.5. The largest absolute Gasteiger partial charge is 0.307 e. The molecule has 5 nitrogen and oxygen atoms in total. The number of H-pyrrole nitrogens is 1. The van der Waals surface area contributed by atoms with Crippen molar-refractivity contribution in [2.24, 2.45) is 0 Å². The maximum Gasteiger partial charge on any atom is 0.181 e. The Bertz CT molecular complexity index is 467. The molecule has 98 valence electrons. The van der Waals surface area contributed by atoms with Crippen molar-refractivity contribution >= 4 is 24.8 Å². The van der Waals surface area contributed by atoms with Gasteiger partial charge in [-0.2, -0.15) is 5.10 Å². The lowest BCUT2D eigenvalue weighted by Crippen LogP contribution is -2.14. The molecule has 18 heavy (non-hydrogen) atoms. The minimum atomic E-state index is 0. The first kappa shape index (κ1) is 14.9. The van der Waals surface area contributed by atoms with Crippen molar-refractivity contribution in [2.75, 3.05) is 6.54 Å². The molecule has 1 atom stereocenters. The van der Waals surface area contributed by atoms with E-state index in [0.29, 0.717) is 6.04 Å². The molecule has 7 heteroatoms. The third-order valence-corrected chi connectivity index (χ3v) is 2.83. The summed E-state index contributed by atoms with van der Waals surface area (Å²) in [5, 5.41) is 10.6. The molecule has 0 spiro atoms. The second-order valence-electron chi connectivity index (χ2n) is 3.93. The van der Waals surface area contributed by atoms with Gasteiger partial charge in [-0.25, -0.2) is 4.98 Å². The van der Waals surface area contributed by atoms with Gasteiger partial charge in [-0.15, -0.1) is 24.8 Å². The van der Waals surface area contributed by atoms with E-state index in [2.05, 4.69) is 25.5 Å². The van der Waals surface area contributed by atoms with E-state index in [-0.39, 0.29) is 24.8 Å². The molecule has 1 saturated heterocycles. The molecule has 3 rings (SSSR count). The zero-order valence-corrected chi connectivity index (χ0v) is 11.3. The number of pyridine rings is 1. The summed E-state index contributed by atoms with van der Waals surface area (Å²) in [4.78, 5) is 8.48. The summed E-state index contributed by atoms with van der Waals surface area (Å²) in [6.07, 6.45) is 5.83. The summed E-state index contributed by atoms with van der Waals surface area (Å²) >= 11 is 0. The van der Waals surface area contributed by atoms with Crippen LogP contribution < -0.4 is 5.32 Å². The first-order valence-corrected chi connectivity index (χ1v) is 5.49. The lowest BCUT2D eigenvalue weighted by Gasteiger charge is -2.03. The standard InChI is InChI=1S/C11H13N5.2ClH/c1-2-9(13-5-1)11-14-10(15-16-11)8-3-6-12-7-4-8;;/h3-4,6-7,9,13H,1-2,5H2,(H,14,15,16);2*1H/t9-;;/m0../s1. The summed E-state index contributed by atoms with van der Waals surface area (Å²) in [6.45, 7) is 1.07. The zero-order valence-electron chi connectivity index (χ0n) is 9.67. The van der Waals surface area contributed by atoms with Crippen molar-refractivity contribution < 1.29 is 0 Å². The van der Waals surface area contributed by atoms with Gasteiger partial charge in [0.2, 0.25) is 0 Å². The van der Waals surface area contributed by atoms with Crippen LogP contribution in [-0.2, 0) is 0 Å². The van der Waals surface area contributed by atoms with Crippen molar-refractivity contribution in [3.05, 3.63) is 30.4 Å². The predicted molar refractivity (Wildman–Crippen MR) is 74.1 cm³/mol. The zero-order chi connectivity index (χ0) is 10.8. The van der Waals surface area contributed by atoms with E-state index < -0.39 is 0 Å². The lowest BCUT2D eigenvalue weighted by atomic mass is 10.2. The third-order valence-electron chi connectivity index (χ3n) is 2.83. The highest BCUT2D eigenvalue weighted by Gasteiger charge is 2.19. The van der Waals surface area contributed by atoms with Crippen molar-refractivity contribution in [2.45, 2.75) is 18.9 Å². The maximum atomic E-state index is 4.51. The Labute approximate surface area is 118 Å². The van der Waals surface area contributed by atoms with Gasteiger partial charge < -0.3 is 5.32 Å².